The van der Waals surface area contributed by atoms with Crippen LogP contribution in [0.15, 0.2) is 47.3 Å². The summed E-state index contributed by atoms with van der Waals surface area (Å²) in [6.45, 7) is -0.0546. The first-order valence-electron chi connectivity index (χ1n) is 8.45. The molecule has 0 fully saturated rings. The zero-order chi connectivity index (χ0) is 20.1. The molecule has 0 bridgehead atoms. The maximum Gasteiger partial charge on any atom is 0.272 e. The lowest BCUT2D eigenvalue weighted by Gasteiger charge is -2.09. The molecule has 8 nitrogen and oxygen atoms in total. The molecule has 1 heterocycles. The van der Waals surface area contributed by atoms with Gasteiger partial charge in [-0.2, -0.15) is 5.10 Å². The summed E-state index contributed by atoms with van der Waals surface area (Å²) in [5.74, 6) is -2.04. The van der Waals surface area contributed by atoms with E-state index in [0.29, 0.717) is 22.0 Å². The summed E-state index contributed by atoms with van der Waals surface area (Å²) in [6.07, 6.45) is 0.140. The number of halogens is 1. The molecule has 4 N–H and O–H groups in total. The van der Waals surface area contributed by atoms with Gasteiger partial charge in [-0.15, -0.1) is 0 Å². The molecule has 0 spiro atoms. The van der Waals surface area contributed by atoms with Crippen LogP contribution in [0.3, 0.4) is 0 Å². The predicted octanol–water partition coefficient (Wildman–Crippen LogP) is 1.28. The molecule has 28 heavy (non-hydrogen) atoms. The van der Waals surface area contributed by atoms with Gasteiger partial charge in [0.2, 0.25) is 5.91 Å². The van der Waals surface area contributed by atoms with Crippen molar-refractivity contribution in [1.82, 2.24) is 21.0 Å². The Balaban J connectivity index is 1.82. The number of H-pyrrole nitrogens is 1. The number of rotatable bonds is 6. The number of amides is 2. The van der Waals surface area contributed by atoms with E-state index >= 15 is 0 Å². The third-order valence-corrected chi connectivity index (χ3v) is 4.18. The number of carbonyl (C=O) groups excluding carboxylic acids is 2. The maximum absolute atomic E-state index is 14.1. The Labute approximate surface area is 158 Å². The van der Waals surface area contributed by atoms with Crippen LogP contribution in [0.5, 0.6) is 0 Å². The molecule has 0 unspecified atom stereocenters. The van der Waals surface area contributed by atoms with E-state index in [9.17, 15) is 18.8 Å². The summed E-state index contributed by atoms with van der Waals surface area (Å²) in [5.41, 5.74) is 2.20. The minimum atomic E-state index is -0.702. The van der Waals surface area contributed by atoms with Crippen molar-refractivity contribution in [3.8, 4) is 0 Å². The highest BCUT2D eigenvalue weighted by Gasteiger charge is 2.14. The Bertz CT molecular complexity index is 1100. The number of aromatic amines is 1. The second-order valence-electron chi connectivity index (χ2n) is 6.08. The van der Waals surface area contributed by atoms with Crippen LogP contribution in [0.1, 0.15) is 28.0 Å². The molecule has 0 aliphatic carbocycles. The SMILES string of the molecule is O=C(CCNC(=O)c1cc(Cc2n[nH]c(=O)c3ccccc23)ccc1F)NO. The van der Waals surface area contributed by atoms with Crippen LogP contribution in [0.4, 0.5) is 4.39 Å². The molecule has 1 aromatic heterocycles. The topological polar surface area (TPSA) is 124 Å². The van der Waals surface area contributed by atoms with Gasteiger partial charge in [-0.3, -0.25) is 19.6 Å². The molecule has 2 amide bonds. The summed E-state index contributed by atoms with van der Waals surface area (Å²) >= 11 is 0. The smallest absolute Gasteiger partial charge is 0.272 e. The highest BCUT2D eigenvalue weighted by molar-refractivity contribution is 5.95. The van der Waals surface area contributed by atoms with E-state index in [2.05, 4.69) is 15.5 Å². The van der Waals surface area contributed by atoms with Crippen molar-refractivity contribution in [2.24, 2.45) is 0 Å². The summed E-state index contributed by atoms with van der Waals surface area (Å²) < 4.78 is 14.1. The summed E-state index contributed by atoms with van der Waals surface area (Å²) in [4.78, 5) is 35.0. The number of benzene rings is 2. The molecule has 0 radical (unpaired) electrons. The van der Waals surface area contributed by atoms with Gasteiger partial charge in [-0.1, -0.05) is 24.3 Å². The normalized spacial score (nSPS) is 10.6. The fourth-order valence-corrected chi connectivity index (χ4v) is 2.80. The molecule has 0 atom stereocenters. The lowest BCUT2D eigenvalue weighted by Crippen LogP contribution is -2.30. The quantitative estimate of drug-likeness (QED) is 0.376. The van der Waals surface area contributed by atoms with Gasteiger partial charge in [-0.25, -0.2) is 15.0 Å². The van der Waals surface area contributed by atoms with Crippen molar-refractivity contribution in [1.29, 1.82) is 0 Å². The van der Waals surface area contributed by atoms with Crippen LogP contribution in [0, 0.1) is 5.82 Å². The van der Waals surface area contributed by atoms with Crippen LogP contribution in [0.2, 0.25) is 0 Å². The van der Waals surface area contributed by atoms with Crippen LogP contribution in [-0.4, -0.2) is 33.8 Å². The molecule has 3 aromatic rings. The molecular weight excluding hydrogens is 367 g/mol. The number of nitrogens with zero attached hydrogens (tertiary/aromatic N) is 1. The first-order chi connectivity index (χ1) is 13.5. The Morgan fingerprint density at radius 1 is 1.14 bits per heavy atom. The van der Waals surface area contributed by atoms with Crippen LogP contribution in [0.25, 0.3) is 10.8 Å². The molecule has 0 aliphatic rings. The second-order valence-corrected chi connectivity index (χ2v) is 6.08. The summed E-state index contributed by atoms with van der Waals surface area (Å²) in [5, 5.41) is 18.5. The zero-order valence-corrected chi connectivity index (χ0v) is 14.7. The van der Waals surface area contributed by atoms with E-state index in [1.54, 1.807) is 24.3 Å². The standard InChI is InChI=1S/C19H17FN4O4/c20-15-6-5-11(9-14(15)18(26)21-8-7-17(25)24-28)10-16-12-3-1-2-4-13(12)19(27)23-22-16/h1-6,9,28H,7-8,10H2,(H,21,26)(H,23,27)(H,24,25). The predicted molar refractivity (Wildman–Crippen MR) is 98.4 cm³/mol. The third kappa shape index (κ3) is 4.21. The number of nitrogens with one attached hydrogen (secondary N) is 3. The third-order valence-electron chi connectivity index (χ3n) is 4.18. The van der Waals surface area contributed by atoms with Gasteiger partial charge in [0.25, 0.3) is 11.5 Å². The molecule has 2 aromatic carbocycles. The zero-order valence-electron chi connectivity index (χ0n) is 14.7. The molecule has 0 saturated heterocycles. The van der Waals surface area contributed by atoms with Gasteiger partial charge < -0.3 is 5.32 Å². The second kappa shape index (κ2) is 8.40. The fraction of sp³-hybridized carbons (Fsp3) is 0.158. The van der Waals surface area contributed by atoms with Crippen molar-refractivity contribution in [2.45, 2.75) is 12.8 Å². The van der Waals surface area contributed by atoms with E-state index < -0.39 is 17.6 Å². The lowest BCUT2D eigenvalue weighted by molar-refractivity contribution is -0.129. The van der Waals surface area contributed by atoms with Gasteiger partial charge in [0.15, 0.2) is 0 Å². The van der Waals surface area contributed by atoms with E-state index in [1.165, 1.54) is 23.7 Å². The van der Waals surface area contributed by atoms with E-state index in [4.69, 9.17) is 5.21 Å². The number of carbonyl (C=O) groups is 2. The molecule has 9 heteroatoms. The van der Waals surface area contributed by atoms with E-state index in [-0.39, 0.29) is 30.5 Å². The highest BCUT2D eigenvalue weighted by atomic mass is 19.1. The van der Waals surface area contributed by atoms with Crippen LogP contribution < -0.4 is 16.4 Å². The van der Waals surface area contributed by atoms with Crippen molar-refractivity contribution in [3.05, 3.63) is 75.5 Å². The highest BCUT2D eigenvalue weighted by Crippen LogP contribution is 2.18. The minimum Gasteiger partial charge on any atom is -0.351 e. The van der Waals surface area contributed by atoms with Crippen molar-refractivity contribution < 1.29 is 19.2 Å². The van der Waals surface area contributed by atoms with Gasteiger partial charge in [0.05, 0.1) is 16.6 Å². The summed E-state index contributed by atoms with van der Waals surface area (Å²) in [7, 11) is 0. The van der Waals surface area contributed by atoms with E-state index in [1.807, 2.05) is 0 Å². The largest absolute Gasteiger partial charge is 0.351 e. The first-order valence-corrected chi connectivity index (χ1v) is 8.45. The summed E-state index contributed by atoms with van der Waals surface area (Å²) in [6, 6.07) is 11.1. The molecular formula is C19H17FN4O4. The molecule has 0 aliphatic heterocycles. The van der Waals surface area contributed by atoms with E-state index in [0.717, 1.165) is 0 Å². The Morgan fingerprint density at radius 2 is 1.89 bits per heavy atom. The van der Waals surface area contributed by atoms with Gasteiger partial charge in [0.1, 0.15) is 5.82 Å². The van der Waals surface area contributed by atoms with Crippen LogP contribution >= 0.6 is 0 Å². The number of hydrogen-bond donors (Lipinski definition) is 4. The number of fused-ring (bicyclic) bond motifs is 1. The average Bonchev–Trinajstić information content (AvgIpc) is 2.71. The van der Waals surface area contributed by atoms with Gasteiger partial charge >= 0.3 is 0 Å². The number of aromatic nitrogens is 2. The Hall–Kier alpha value is -3.59. The first kappa shape index (κ1) is 19.2. The Morgan fingerprint density at radius 3 is 2.64 bits per heavy atom. The average molecular weight is 384 g/mol. The van der Waals surface area contributed by atoms with Crippen molar-refractivity contribution in [3.63, 3.8) is 0 Å². The minimum absolute atomic E-state index is 0.0546. The van der Waals surface area contributed by atoms with Crippen molar-refractivity contribution in [2.75, 3.05) is 6.54 Å². The molecule has 3 rings (SSSR count). The monoisotopic (exact) mass is 384 g/mol. The van der Waals surface area contributed by atoms with Gasteiger partial charge in [-0.05, 0) is 23.8 Å². The van der Waals surface area contributed by atoms with Gasteiger partial charge in [0, 0.05) is 24.8 Å². The van der Waals surface area contributed by atoms with Crippen molar-refractivity contribution >= 4 is 22.6 Å². The molecule has 0 saturated carbocycles. The molecule has 144 valence electrons. The Kier molecular flexibility index (Phi) is 5.75. The maximum atomic E-state index is 14.1. The number of hydrogen-bond acceptors (Lipinski definition) is 5. The van der Waals surface area contributed by atoms with Crippen LogP contribution in [-0.2, 0) is 11.2 Å². The number of hydroxylamine groups is 1. The fourth-order valence-electron chi connectivity index (χ4n) is 2.80. The lowest BCUT2D eigenvalue weighted by atomic mass is 10.0.